The fourth-order valence-corrected chi connectivity index (χ4v) is 4.08. The number of aromatic nitrogens is 1. The van der Waals surface area contributed by atoms with Gasteiger partial charge < -0.3 is 9.30 Å². The minimum Gasteiger partial charge on any atom is -0.495 e. The summed E-state index contributed by atoms with van der Waals surface area (Å²) < 4.78 is 21.5. The molecule has 1 fully saturated rings. The number of nitrogens with zero attached hydrogens (tertiary/aromatic N) is 1. The predicted octanol–water partition coefficient (Wildman–Crippen LogP) is 4.71. The average molecular weight is 325 g/mol. The maximum absolute atomic E-state index is 13.9. The van der Waals surface area contributed by atoms with Crippen molar-refractivity contribution in [2.45, 2.75) is 31.6 Å². The fraction of sp³-hybridized carbons (Fsp3) is 0.350. The molecule has 0 spiro atoms. The summed E-state index contributed by atoms with van der Waals surface area (Å²) in [5, 5.41) is 1.98. The number of ketones is 1. The van der Waals surface area contributed by atoms with Crippen molar-refractivity contribution in [1.29, 1.82) is 0 Å². The highest BCUT2D eigenvalue weighted by Gasteiger charge is 2.25. The van der Waals surface area contributed by atoms with Crippen LogP contribution in [0.4, 0.5) is 4.39 Å². The lowest BCUT2D eigenvalue weighted by atomic mass is 9.82. The Labute approximate surface area is 140 Å². The third kappa shape index (κ3) is 2.20. The maximum Gasteiger partial charge on any atom is 0.143 e. The van der Waals surface area contributed by atoms with Crippen molar-refractivity contribution in [3.63, 3.8) is 0 Å². The Balaban J connectivity index is 2.04. The fourth-order valence-electron chi connectivity index (χ4n) is 4.08. The van der Waals surface area contributed by atoms with Gasteiger partial charge in [-0.1, -0.05) is 6.07 Å². The van der Waals surface area contributed by atoms with Gasteiger partial charge in [-0.05, 0) is 48.6 Å². The summed E-state index contributed by atoms with van der Waals surface area (Å²) in [4.78, 5) is 11.6. The Morgan fingerprint density at radius 2 is 1.92 bits per heavy atom. The number of ether oxygens (including phenoxy) is 1. The van der Waals surface area contributed by atoms with E-state index in [4.69, 9.17) is 4.74 Å². The van der Waals surface area contributed by atoms with Gasteiger partial charge in [0.1, 0.15) is 17.3 Å². The van der Waals surface area contributed by atoms with E-state index in [2.05, 4.69) is 10.6 Å². The first-order valence-electron chi connectivity index (χ1n) is 8.36. The van der Waals surface area contributed by atoms with Crippen LogP contribution in [0.1, 0.15) is 37.2 Å². The molecular weight excluding hydrogens is 305 g/mol. The zero-order valence-electron chi connectivity index (χ0n) is 13.9. The quantitative estimate of drug-likeness (QED) is 0.683. The highest BCUT2D eigenvalue weighted by molar-refractivity contribution is 6.12. The monoisotopic (exact) mass is 325 g/mol. The Morgan fingerprint density at radius 3 is 2.62 bits per heavy atom. The predicted molar refractivity (Wildman–Crippen MR) is 93.2 cm³/mol. The Morgan fingerprint density at radius 1 is 1.17 bits per heavy atom. The Hall–Kier alpha value is -2.36. The number of halogens is 1. The van der Waals surface area contributed by atoms with Crippen LogP contribution in [0.5, 0.6) is 5.75 Å². The summed E-state index contributed by atoms with van der Waals surface area (Å²) in [7, 11) is 3.64. The van der Waals surface area contributed by atoms with E-state index < -0.39 is 0 Å². The van der Waals surface area contributed by atoms with E-state index in [1.807, 2.05) is 19.2 Å². The number of hydrogen-bond donors (Lipinski definition) is 0. The number of carbonyl (C=O) groups is 1. The number of benzene rings is 2. The molecule has 0 atom stereocenters. The van der Waals surface area contributed by atoms with Crippen molar-refractivity contribution in [2.24, 2.45) is 7.05 Å². The lowest BCUT2D eigenvalue weighted by molar-refractivity contribution is -0.120. The van der Waals surface area contributed by atoms with Gasteiger partial charge in [-0.2, -0.15) is 0 Å². The smallest absolute Gasteiger partial charge is 0.143 e. The number of carbonyl (C=O) groups excluding carboxylic acids is 1. The van der Waals surface area contributed by atoms with Gasteiger partial charge in [-0.3, -0.25) is 4.79 Å². The van der Waals surface area contributed by atoms with Crippen LogP contribution in [0.2, 0.25) is 0 Å². The SMILES string of the molecule is COc1ccc(C2CCC(=O)CC2)c2c3cc(F)ccc3n(C)c12. The van der Waals surface area contributed by atoms with E-state index in [1.54, 1.807) is 13.2 Å². The molecule has 4 rings (SSSR count). The number of rotatable bonds is 2. The first-order chi connectivity index (χ1) is 11.6. The van der Waals surface area contributed by atoms with Crippen molar-refractivity contribution >= 4 is 27.6 Å². The minimum absolute atomic E-state index is 0.234. The molecule has 3 aromatic rings. The summed E-state index contributed by atoms with van der Waals surface area (Å²) in [5.41, 5.74) is 3.19. The molecule has 3 nitrogen and oxygen atoms in total. The Kier molecular flexibility index (Phi) is 3.56. The van der Waals surface area contributed by atoms with E-state index in [1.165, 1.54) is 11.6 Å². The number of methoxy groups -OCH3 is 1. The molecule has 0 radical (unpaired) electrons. The Bertz CT molecular complexity index is 947. The van der Waals surface area contributed by atoms with Gasteiger partial charge in [-0.25, -0.2) is 4.39 Å². The zero-order valence-corrected chi connectivity index (χ0v) is 13.9. The topological polar surface area (TPSA) is 31.2 Å². The molecule has 0 unspecified atom stereocenters. The van der Waals surface area contributed by atoms with Gasteiger partial charge in [0.25, 0.3) is 0 Å². The lowest BCUT2D eigenvalue weighted by Gasteiger charge is -2.23. The molecule has 0 amide bonds. The summed E-state index contributed by atoms with van der Waals surface area (Å²) in [6, 6.07) is 8.99. The van der Waals surface area contributed by atoms with E-state index >= 15 is 0 Å². The van der Waals surface area contributed by atoms with Crippen LogP contribution in [0.3, 0.4) is 0 Å². The van der Waals surface area contributed by atoms with E-state index in [9.17, 15) is 9.18 Å². The van der Waals surface area contributed by atoms with Crippen molar-refractivity contribution in [1.82, 2.24) is 4.57 Å². The summed E-state index contributed by atoms with van der Waals surface area (Å²) in [6.07, 6.45) is 3.01. The molecule has 4 heteroatoms. The average Bonchev–Trinajstić information content (AvgIpc) is 2.88. The van der Waals surface area contributed by atoms with Crippen LogP contribution in [0.15, 0.2) is 30.3 Å². The highest BCUT2D eigenvalue weighted by Crippen LogP contribution is 2.42. The molecule has 124 valence electrons. The van der Waals surface area contributed by atoms with Crippen LogP contribution in [-0.2, 0) is 11.8 Å². The number of fused-ring (bicyclic) bond motifs is 3. The normalized spacial score (nSPS) is 16.2. The largest absolute Gasteiger partial charge is 0.495 e. The standard InChI is InChI=1S/C20H20FNO2/c1-22-17-9-5-13(21)11-16(17)19-15(8-10-18(24-2)20(19)22)12-3-6-14(23)7-4-12/h5,8-12H,3-4,6-7H2,1-2H3. The highest BCUT2D eigenvalue weighted by atomic mass is 19.1. The number of aryl methyl sites for hydroxylation is 1. The zero-order chi connectivity index (χ0) is 16.8. The summed E-state index contributed by atoms with van der Waals surface area (Å²) in [5.74, 6) is 1.24. The van der Waals surface area contributed by atoms with Crippen LogP contribution in [0.25, 0.3) is 21.8 Å². The molecule has 1 aromatic heterocycles. The molecule has 1 aliphatic carbocycles. The first-order valence-corrected chi connectivity index (χ1v) is 8.36. The molecule has 1 saturated carbocycles. The summed E-state index contributed by atoms with van der Waals surface area (Å²) in [6.45, 7) is 0. The van der Waals surface area contributed by atoms with Crippen LogP contribution in [0, 0.1) is 5.82 Å². The molecule has 1 aliphatic rings. The molecule has 0 bridgehead atoms. The molecule has 1 heterocycles. The number of hydrogen-bond acceptors (Lipinski definition) is 2. The van der Waals surface area contributed by atoms with Crippen molar-refractivity contribution < 1.29 is 13.9 Å². The first kappa shape index (κ1) is 15.2. The van der Waals surface area contributed by atoms with Crippen LogP contribution < -0.4 is 4.74 Å². The lowest BCUT2D eigenvalue weighted by Crippen LogP contribution is -2.12. The molecule has 24 heavy (non-hydrogen) atoms. The van der Waals surface area contributed by atoms with Crippen molar-refractivity contribution in [3.05, 3.63) is 41.7 Å². The van der Waals surface area contributed by atoms with E-state index in [0.29, 0.717) is 24.5 Å². The minimum atomic E-state index is -0.234. The second-order valence-electron chi connectivity index (χ2n) is 6.61. The van der Waals surface area contributed by atoms with Gasteiger partial charge in [0.05, 0.1) is 12.6 Å². The third-order valence-corrected chi connectivity index (χ3v) is 5.30. The second-order valence-corrected chi connectivity index (χ2v) is 6.61. The van der Waals surface area contributed by atoms with Crippen molar-refractivity contribution in [3.8, 4) is 5.75 Å². The molecule has 2 aromatic carbocycles. The van der Waals surface area contributed by atoms with Gasteiger partial charge in [0.2, 0.25) is 0 Å². The van der Waals surface area contributed by atoms with Gasteiger partial charge in [-0.15, -0.1) is 0 Å². The second kappa shape index (κ2) is 5.62. The van der Waals surface area contributed by atoms with Gasteiger partial charge in [0, 0.05) is 36.2 Å². The van der Waals surface area contributed by atoms with E-state index in [-0.39, 0.29) is 5.82 Å². The van der Waals surface area contributed by atoms with E-state index in [0.717, 1.165) is 40.4 Å². The van der Waals surface area contributed by atoms with Gasteiger partial charge >= 0.3 is 0 Å². The van der Waals surface area contributed by atoms with Gasteiger partial charge in [0.15, 0.2) is 0 Å². The molecule has 0 N–H and O–H groups in total. The molecular formula is C20H20FNO2. The third-order valence-electron chi connectivity index (χ3n) is 5.30. The molecule has 0 saturated heterocycles. The summed E-state index contributed by atoms with van der Waals surface area (Å²) >= 11 is 0. The van der Waals surface area contributed by atoms with Crippen LogP contribution in [-0.4, -0.2) is 17.5 Å². The maximum atomic E-state index is 13.9. The van der Waals surface area contributed by atoms with Crippen molar-refractivity contribution in [2.75, 3.05) is 7.11 Å². The number of Topliss-reactive ketones (excluding diaryl/α,β-unsaturated/α-hetero) is 1. The molecule has 0 aliphatic heterocycles. The van der Waals surface area contributed by atoms with Crippen LogP contribution >= 0.6 is 0 Å².